The molecule has 1 aliphatic heterocycles. The van der Waals surface area contributed by atoms with Gasteiger partial charge in [-0.3, -0.25) is 19.9 Å². The Hall–Kier alpha value is -1.95. The molecule has 6 heteroatoms. The van der Waals surface area contributed by atoms with E-state index in [0.29, 0.717) is 12.1 Å². The highest BCUT2D eigenvalue weighted by molar-refractivity contribution is 6.02. The number of amides is 2. The first kappa shape index (κ1) is 12.5. The number of hydrogen-bond donors (Lipinski definition) is 2. The molecule has 18 heavy (non-hydrogen) atoms. The predicted molar refractivity (Wildman–Crippen MR) is 64.0 cm³/mol. The number of benzene rings is 1. The van der Waals surface area contributed by atoms with Crippen LogP contribution in [0.15, 0.2) is 18.2 Å². The van der Waals surface area contributed by atoms with Crippen molar-refractivity contribution in [3.05, 3.63) is 29.6 Å². The standard InChI is InChI=1S/C12H14FN3O2/c1-7(12(18)15-14)16-10-4-3-9(13)6-8(10)2-5-11(16)17/h3-4,6-7H,2,5,14H2,1H3,(H,15,18). The highest BCUT2D eigenvalue weighted by Crippen LogP contribution is 2.30. The number of carbonyl (C=O) groups excluding carboxylic acids is 2. The second-order valence-corrected chi connectivity index (χ2v) is 4.22. The zero-order valence-corrected chi connectivity index (χ0v) is 9.94. The Kier molecular flexibility index (Phi) is 3.29. The van der Waals surface area contributed by atoms with Gasteiger partial charge >= 0.3 is 0 Å². The fraction of sp³-hybridized carbons (Fsp3) is 0.333. The van der Waals surface area contributed by atoms with Crippen LogP contribution in [0, 0.1) is 5.82 Å². The van der Waals surface area contributed by atoms with Gasteiger partial charge in [0.05, 0.1) is 0 Å². The van der Waals surface area contributed by atoms with Gasteiger partial charge in [0, 0.05) is 12.1 Å². The lowest BCUT2D eigenvalue weighted by molar-refractivity contribution is -0.126. The number of nitrogens with two attached hydrogens (primary N) is 1. The highest BCUT2D eigenvalue weighted by Gasteiger charge is 2.31. The number of rotatable bonds is 2. The Morgan fingerprint density at radius 1 is 1.50 bits per heavy atom. The number of nitrogens with one attached hydrogen (secondary N) is 1. The molecule has 1 atom stereocenters. The van der Waals surface area contributed by atoms with E-state index in [1.807, 2.05) is 5.43 Å². The molecule has 0 spiro atoms. The van der Waals surface area contributed by atoms with E-state index >= 15 is 0 Å². The summed E-state index contributed by atoms with van der Waals surface area (Å²) in [6.45, 7) is 1.58. The van der Waals surface area contributed by atoms with Crippen molar-refractivity contribution < 1.29 is 14.0 Å². The van der Waals surface area contributed by atoms with E-state index in [1.165, 1.54) is 23.1 Å². The maximum Gasteiger partial charge on any atom is 0.256 e. The van der Waals surface area contributed by atoms with Gasteiger partial charge in [-0.2, -0.15) is 0 Å². The molecule has 5 nitrogen and oxygen atoms in total. The van der Waals surface area contributed by atoms with Crippen LogP contribution in [-0.4, -0.2) is 17.9 Å². The first-order valence-corrected chi connectivity index (χ1v) is 5.65. The van der Waals surface area contributed by atoms with Gasteiger partial charge in [0.1, 0.15) is 11.9 Å². The Balaban J connectivity index is 2.42. The summed E-state index contributed by atoms with van der Waals surface area (Å²) in [4.78, 5) is 24.8. The van der Waals surface area contributed by atoms with Gasteiger partial charge in [-0.25, -0.2) is 10.2 Å². The summed E-state index contributed by atoms with van der Waals surface area (Å²) in [6, 6.07) is 3.47. The minimum atomic E-state index is -0.716. The molecular weight excluding hydrogens is 237 g/mol. The number of hydrazine groups is 1. The second kappa shape index (κ2) is 4.73. The molecule has 1 aliphatic rings. The van der Waals surface area contributed by atoms with Crippen LogP contribution in [0.4, 0.5) is 10.1 Å². The van der Waals surface area contributed by atoms with E-state index in [9.17, 15) is 14.0 Å². The average Bonchev–Trinajstić information content (AvgIpc) is 2.37. The van der Waals surface area contributed by atoms with Crippen molar-refractivity contribution in [1.82, 2.24) is 5.43 Å². The summed E-state index contributed by atoms with van der Waals surface area (Å²) in [5.41, 5.74) is 3.32. The SMILES string of the molecule is CC(C(=O)NN)N1C(=O)CCc2cc(F)ccc21. The van der Waals surface area contributed by atoms with Gasteiger partial charge in [-0.1, -0.05) is 0 Å². The Bertz CT molecular complexity index is 504. The first-order chi connectivity index (χ1) is 8.54. The molecule has 2 amide bonds. The van der Waals surface area contributed by atoms with Crippen molar-refractivity contribution in [2.45, 2.75) is 25.8 Å². The second-order valence-electron chi connectivity index (χ2n) is 4.22. The van der Waals surface area contributed by atoms with Crippen molar-refractivity contribution in [2.24, 2.45) is 5.84 Å². The average molecular weight is 251 g/mol. The zero-order chi connectivity index (χ0) is 13.3. The molecule has 0 saturated carbocycles. The molecule has 96 valence electrons. The normalized spacial score (nSPS) is 16.2. The van der Waals surface area contributed by atoms with Gasteiger partial charge in [0.25, 0.3) is 5.91 Å². The van der Waals surface area contributed by atoms with E-state index in [-0.39, 0.29) is 18.1 Å². The largest absolute Gasteiger partial charge is 0.300 e. The maximum atomic E-state index is 13.1. The lowest BCUT2D eigenvalue weighted by atomic mass is 9.99. The molecule has 1 aromatic rings. The topological polar surface area (TPSA) is 75.4 Å². The molecule has 1 unspecified atom stereocenters. The third-order valence-corrected chi connectivity index (χ3v) is 3.09. The highest BCUT2D eigenvalue weighted by atomic mass is 19.1. The molecule has 0 aromatic heterocycles. The van der Waals surface area contributed by atoms with Crippen LogP contribution < -0.4 is 16.2 Å². The number of fused-ring (bicyclic) bond motifs is 1. The number of nitrogens with zero attached hydrogens (tertiary/aromatic N) is 1. The van der Waals surface area contributed by atoms with Crippen LogP contribution in [0.25, 0.3) is 0 Å². The van der Waals surface area contributed by atoms with Crippen LogP contribution in [0.5, 0.6) is 0 Å². The molecule has 1 aromatic carbocycles. The summed E-state index contributed by atoms with van der Waals surface area (Å²) < 4.78 is 13.1. The third-order valence-electron chi connectivity index (χ3n) is 3.09. The van der Waals surface area contributed by atoms with Crippen LogP contribution in [0.2, 0.25) is 0 Å². The van der Waals surface area contributed by atoms with Crippen molar-refractivity contribution in [3.63, 3.8) is 0 Å². The molecule has 0 radical (unpaired) electrons. The molecule has 2 rings (SSSR count). The number of anilines is 1. The van der Waals surface area contributed by atoms with Crippen LogP contribution in [0.3, 0.4) is 0 Å². The molecule has 1 heterocycles. The quantitative estimate of drug-likeness (QED) is 0.456. The predicted octanol–water partition coefficient (Wildman–Crippen LogP) is 0.483. The lowest BCUT2D eigenvalue weighted by Gasteiger charge is -2.33. The van der Waals surface area contributed by atoms with Crippen LogP contribution in [0.1, 0.15) is 18.9 Å². The first-order valence-electron chi connectivity index (χ1n) is 5.65. The van der Waals surface area contributed by atoms with Crippen molar-refractivity contribution in [2.75, 3.05) is 4.90 Å². The molecule has 3 N–H and O–H groups in total. The zero-order valence-electron chi connectivity index (χ0n) is 9.94. The van der Waals surface area contributed by atoms with Gasteiger partial charge in [-0.15, -0.1) is 0 Å². The Morgan fingerprint density at radius 3 is 2.89 bits per heavy atom. The molecular formula is C12H14FN3O2. The van der Waals surface area contributed by atoms with Crippen LogP contribution in [-0.2, 0) is 16.0 Å². The van der Waals surface area contributed by atoms with Gasteiger partial charge in [-0.05, 0) is 37.1 Å². The molecule has 0 saturated heterocycles. The number of halogens is 1. The smallest absolute Gasteiger partial charge is 0.256 e. The van der Waals surface area contributed by atoms with E-state index in [0.717, 1.165) is 5.56 Å². The number of aryl methyl sites for hydroxylation is 1. The Labute approximate surface area is 104 Å². The van der Waals surface area contributed by atoms with Gasteiger partial charge < -0.3 is 0 Å². The fourth-order valence-electron chi connectivity index (χ4n) is 2.15. The minimum Gasteiger partial charge on any atom is -0.300 e. The monoisotopic (exact) mass is 251 g/mol. The number of hydrogen-bond acceptors (Lipinski definition) is 3. The van der Waals surface area contributed by atoms with Crippen molar-refractivity contribution in [1.29, 1.82) is 0 Å². The number of carbonyl (C=O) groups is 2. The summed E-state index contributed by atoms with van der Waals surface area (Å²) in [5, 5.41) is 0. The summed E-state index contributed by atoms with van der Waals surface area (Å²) >= 11 is 0. The summed E-state index contributed by atoms with van der Waals surface area (Å²) in [5.74, 6) is 4.10. The fourth-order valence-corrected chi connectivity index (χ4v) is 2.15. The van der Waals surface area contributed by atoms with Crippen molar-refractivity contribution >= 4 is 17.5 Å². The maximum absolute atomic E-state index is 13.1. The van der Waals surface area contributed by atoms with Crippen LogP contribution >= 0.6 is 0 Å². The van der Waals surface area contributed by atoms with E-state index in [1.54, 1.807) is 6.92 Å². The van der Waals surface area contributed by atoms with Gasteiger partial charge in [0.2, 0.25) is 5.91 Å². The molecule has 0 bridgehead atoms. The summed E-state index contributed by atoms with van der Waals surface area (Å²) in [6.07, 6.45) is 0.748. The molecule has 0 aliphatic carbocycles. The third kappa shape index (κ3) is 2.06. The summed E-state index contributed by atoms with van der Waals surface area (Å²) in [7, 11) is 0. The van der Waals surface area contributed by atoms with E-state index in [2.05, 4.69) is 0 Å². The Morgan fingerprint density at radius 2 is 2.22 bits per heavy atom. The van der Waals surface area contributed by atoms with E-state index < -0.39 is 11.9 Å². The molecule has 0 fully saturated rings. The van der Waals surface area contributed by atoms with Crippen molar-refractivity contribution in [3.8, 4) is 0 Å². The van der Waals surface area contributed by atoms with Gasteiger partial charge in [0.15, 0.2) is 0 Å². The minimum absolute atomic E-state index is 0.162. The van der Waals surface area contributed by atoms with E-state index in [4.69, 9.17) is 5.84 Å². The lowest BCUT2D eigenvalue weighted by Crippen LogP contribution is -2.51.